The van der Waals surface area contributed by atoms with Gasteiger partial charge in [0.2, 0.25) is 0 Å². The molecule has 0 unspecified atom stereocenters. The zero-order valence-electron chi connectivity index (χ0n) is 8.34. The van der Waals surface area contributed by atoms with E-state index >= 15 is 0 Å². The van der Waals surface area contributed by atoms with Crippen LogP contribution in [0.4, 0.5) is 0 Å². The maximum absolute atomic E-state index is 10.6. The van der Waals surface area contributed by atoms with Gasteiger partial charge < -0.3 is 20.1 Å². The molecular formula is C10H18O4. The first-order valence-corrected chi connectivity index (χ1v) is 5.02. The van der Waals surface area contributed by atoms with Crippen molar-refractivity contribution in [2.75, 3.05) is 6.61 Å². The van der Waals surface area contributed by atoms with E-state index in [0.717, 1.165) is 6.29 Å². The lowest BCUT2D eigenvalue weighted by molar-refractivity contribution is -0.117. The average molecular weight is 202 g/mol. The number of hydrogen-bond acceptors (Lipinski definition) is 4. The fourth-order valence-corrected chi connectivity index (χ4v) is 2.14. The van der Waals surface area contributed by atoms with Crippen LogP contribution in [0.1, 0.15) is 19.8 Å². The number of rotatable bonds is 3. The van der Waals surface area contributed by atoms with Crippen LogP contribution in [0.25, 0.3) is 0 Å². The van der Waals surface area contributed by atoms with E-state index in [2.05, 4.69) is 0 Å². The Bertz CT molecular complexity index is 195. The summed E-state index contributed by atoms with van der Waals surface area (Å²) in [6, 6.07) is 0. The van der Waals surface area contributed by atoms with Gasteiger partial charge in [-0.2, -0.15) is 0 Å². The molecule has 1 aliphatic carbocycles. The van der Waals surface area contributed by atoms with Crippen molar-refractivity contribution in [2.24, 2.45) is 17.8 Å². The molecule has 1 saturated carbocycles. The summed E-state index contributed by atoms with van der Waals surface area (Å²) in [6.45, 7) is 1.67. The van der Waals surface area contributed by atoms with Crippen LogP contribution in [0.3, 0.4) is 0 Å². The Morgan fingerprint density at radius 1 is 1.36 bits per heavy atom. The summed E-state index contributed by atoms with van der Waals surface area (Å²) in [5, 5.41) is 28.1. The average Bonchev–Trinajstić information content (AvgIpc) is 2.17. The molecule has 0 aliphatic heterocycles. The Hall–Kier alpha value is -0.450. The second-order valence-electron chi connectivity index (χ2n) is 4.21. The molecule has 0 saturated heterocycles. The normalized spacial score (nSPS) is 40.6. The van der Waals surface area contributed by atoms with Crippen molar-refractivity contribution in [1.82, 2.24) is 0 Å². The quantitative estimate of drug-likeness (QED) is 0.542. The van der Waals surface area contributed by atoms with Crippen LogP contribution in [0, 0.1) is 17.8 Å². The second kappa shape index (κ2) is 4.87. The minimum atomic E-state index is -0.648. The molecule has 1 aliphatic rings. The number of aldehydes is 1. The largest absolute Gasteiger partial charge is 0.396 e. The summed E-state index contributed by atoms with van der Waals surface area (Å²) in [5.41, 5.74) is 0. The third kappa shape index (κ3) is 2.32. The minimum absolute atomic E-state index is 0.0873. The Labute approximate surface area is 83.6 Å². The standard InChI is InChI=1S/C10H18O4/c1-6(4-11)8-2-7(5-12)9(13)3-10(8)14/h4,6-10,12-14H,2-3,5H2,1H3/t6-,7-,8+,9-,10+/m1/s1. The van der Waals surface area contributed by atoms with Gasteiger partial charge in [0.1, 0.15) is 6.29 Å². The molecule has 1 fully saturated rings. The fourth-order valence-electron chi connectivity index (χ4n) is 2.14. The van der Waals surface area contributed by atoms with Crippen LogP contribution in [0.2, 0.25) is 0 Å². The van der Waals surface area contributed by atoms with Crippen LogP contribution in [-0.4, -0.2) is 40.4 Å². The minimum Gasteiger partial charge on any atom is -0.396 e. The first-order valence-electron chi connectivity index (χ1n) is 5.02. The molecule has 0 heterocycles. The van der Waals surface area contributed by atoms with Gasteiger partial charge in [-0.05, 0) is 18.8 Å². The molecule has 82 valence electrons. The van der Waals surface area contributed by atoms with Crippen molar-refractivity contribution < 1.29 is 20.1 Å². The molecule has 3 N–H and O–H groups in total. The molecule has 0 aromatic rings. The van der Waals surface area contributed by atoms with E-state index in [1.165, 1.54) is 0 Å². The molecule has 4 nitrogen and oxygen atoms in total. The topological polar surface area (TPSA) is 77.8 Å². The Morgan fingerprint density at radius 2 is 2.00 bits per heavy atom. The lowest BCUT2D eigenvalue weighted by Gasteiger charge is -2.37. The van der Waals surface area contributed by atoms with Crippen LogP contribution in [0.15, 0.2) is 0 Å². The molecule has 0 aromatic heterocycles. The van der Waals surface area contributed by atoms with Crippen molar-refractivity contribution in [1.29, 1.82) is 0 Å². The number of carbonyl (C=O) groups excluding carboxylic acids is 1. The monoisotopic (exact) mass is 202 g/mol. The van der Waals surface area contributed by atoms with Gasteiger partial charge in [-0.25, -0.2) is 0 Å². The molecule has 0 aromatic carbocycles. The molecule has 5 atom stereocenters. The van der Waals surface area contributed by atoms with Gasteiger partial charge in [-0.15, -0.1) is 0 Å². The van der Waals surface area contributed by atoms with Gasteiger partial charge in [0.25, 0.3) is 0 Å². The second-order valence-corrected chi connectivity index (χ2v) is 4.21. The van der Waals surface area contributed by atoms with Crippen molar-refractivity contribution in [2.45, 2.75) is 32.0 Å². The molecule has 4 heteroatoms. The highest BCUT2D eigenvalue weighted by Crippen LogP contribution is 2.33. The Kier molecular flexibility index (Phi) is 4.04. The van der Waals surface area contributed by atoms with Crippen LogP contribution in [0.5, 0.6) is 0 Å². The molecule has 0 radical (unpaired) electrons. The van der Waals surface area contributed by atoms with Gasteiger partial charge in [-0.3, -0.25) is 0 Å². The first-order chi connectivity index (χ1) is 6.60. The zero-order valence-corrected chi connectivity index (χ0v) is 8.34. The van der Waals surface area contributed by atoms with E-state index in [4.69, 9.17) is 5.11 Å². The highest BCUT2D eigenvalue weighted by Gasteiger charge is 2.37. The first kappa shape index (κ1) is 11.6. The highest BCUT2D eigenvalue weighted by atomic mass is 16.3. The number of carbonyl (C=O) groups is 1. The molecule has 0 amide bonds. The maximum atomic E-state index is 10.6. The molecule has 1 rings (SSSR count). The number of aliphatic hydroxyl groups excluding tert-OH is 3. The van der Waals surface area contributed by atoms with Gasteiger partial charge in [0, 0.05) is 18.4 Å². The third-order valence-corrected chi connectivity index (χ3v) is 3.22. The highest BCUT2D eigenvalue weighted by molar-refractivity contribution is 5.53. The van der Waals surface area contributed by atoms with Crippen molar-refractivity contribution in [3.05, 3.63) is 0 Å². The lowest BCUT2D eigenvalue weighted by Crippen LogP contribution is -2.42. The van der Waals surface area contributed by atoms with Crippen molar-refractivity contribution >= 4 is 6.29 Å². The van der Waals surface area contributed by atoms with Gasteiger partial charge in [0.15, 0.2) is 0 Å². The van der Waals surface area contributed by atoms with E-state index in [1.807, 2.05) is 0 Å². The number of aliphatic hydroxyl groups is 3. The maximum Gasteiger partial charge on any atom is 0.123 e. The Morgan fingerprint density at radius 3 is 2.50 bits per heavy atom. The van der Waals surface area contributed by atoms with E-state index in [-0.39, 0.29) is 30.8 Å². The molecule has 0 bridgehead atoms. The van der Waals surface area contributed by atoms with E-state index in [1.54, 1.807) is 6.92 Å². The zero-order chi connectivity index (χ0) is 10.7. The predicted molar refractivity (Wildman–Crippen MR) is 50.5 cm³/mol. The summed E-state index contributed by atoms with van der Waals surface area (Å²) < 4.78 is 0. The van der Waals surface area contributed by atoms with Gasteiger partial charge in [-0.1, -0.05) is 6.92 Å². The van der Waals surface area contributed by atoms with E-state index in [0.29, 0.717) is 6.42 Å². The van der Waals surface area contributed by atoms with Crippen LogP contribution < -0.4 is 0 Å². The SMILES string of the molecule is C[C@H](C=O)[C@@H]1C[C@H](CO)[C@H](O)C[C@@H]1O. The summed E-state index contributed by atoms with van der Waals surface area (Å²) in [7, 11) is 0. The molecule has 14 heavy (non-hydrogen) atoms. The lowest BCUT2D eigenvalue weighted by atomic mass is 9.73. The van der Waals surface area contributed by atoms with Crippen molar-refractivity contribution in [3.63, 3.8) is 0 Å². The predicted octanol–water partition coefficient (Wildman–Crippen LogP) is -0.438. The Balaban J connectivity index is 2.63. The third-order valence-electron chi connectivity index (χ3n) is 3.22. The van der Waals surface area contributed by atoms with Crippen LogP contribution >= 0.6 is 0 Å². The van der Waals surface area contributed by atoms with Crippen molar-refractivity contribution in [3.8, 4) is 0 Å². The summed E-state index contributed by atoms with van der Waals surface area (Å²) in [4.78, 5) is 10.6. The fraction of sp³-hybridized carbons (Fsp3) is 0.900. The van der Waals surface area contributed by atoms with E-state index in [9.17, 15) is 15.0 Å². The summed E-state index contributed by atoms with van der Waals surface area (Å²) in [5.74, 6) is -0.551. The summed E-state index contributed by atoms with van der Waals surface area (Å²) >= 11 is 0. The summed E-state index contributed by atoms with van der Waals surface area (Å²) in [6.07, 6.45) is 0.311. The molecular weight excluding hydrogens is 184 g/mol. The van der Waals surface area contributed by atoms with Crippen LogP contribution in [-0.2, 0) is 4.79 Å². The smallest absolute Gasteiger partial charge is 0.123 e. The van der Waals surface area contributed by atoms with Gasteiger partial charge in [0.05, 0.1) is 12.2 Å². The number of hydrogen-bond donors (Lipinski definition) is 3. The van der Waals surface area contributed by atoms with E-state index < -0.39 is 12.2 Å². The van der Waals surface area contributed by atoms with Gasteiger partial charge >= 0.3 is 0 Å². The molecule has 0 spiro atoms.